The number of ether oxygens (including phenoxy) is 1. The summed E-state index contributed by atoms with van der Waals surface area (Å²) in [6.07, 6.45) is 0.770. The van der Waals surface area contributed by atoms with Gasteiger partial charge in [0.2, 0.25) is 15.9 Å². The van der Waals surface area contributed by atoms with Gasteiger partial charge in [0.15, 0.2) is 5.13 Å². The van der Waals surface area contributed by atoms with Gasteiger partial charge >= 0.3 is 0 Å². The van der Waals surface area contributed by atoms with E-state index in [1.165, 1.54) is 27.8 Å². The standard InChI is InChI=1S/C26H32ClFN4O4S2.ClH/c1-4-30(5-2)16-17-32(26-29-23-22(36-3)11-10-21(27)24(23)37-26)25(33)18-12-14-31(15-13-18)38(34,35)20-8-6-19(28)7-9-20;/h6-11,18H,4-5,12-17H2,1-3H3;1H. The van der Waals surface area contributed by atoms with Crippen molar-refractivity contribution in [3.05, 3.63) is 47.2 Å². The summed E-state index contributed by atoms with van der Waals surface area (Å²) in [6, 6.07) is 8.32. The summed E-state index contributed by atoms with van der Waals surface area (Å²) in [5, 5.41) is 1.09. The number of sulfonamides is 1. The molecule has 0 bridgehead atoms. The van der Waals surface area contributed by atoms with Gasteiger partial charge in [-0.05, 0) is 62.3 Å². The number of hydrogen-bond acceptors (Lipinski definition) is 7. The molecule has 2 aromatic carbocycles. The second-order valence-electron chi connectivity index (χ2n) is 9.07. The second-order valence-corrected chi connectivity index (χ2v) is 12.4. The Morgan fingerprint density at radius 3 is 2.36 bits per heavy atom. The number of nitrogens with zero attached hydrogens (tertiary/aromatic N) is 4. The summed E-state index contributed by atoms with van der Waals surface area (Å²) >= 11 is 7.79. The number of rotatable bonds is 10. The number of carbonyl (C=O) groups is 1. The van der Waals surface area contributed by atoms with E-state index in [1.54, 1.807) is 24.1 Å². The summed E-state index contributed by atoms with van der Waals surface area (Å²) in [6.45, 7) is 7.42. The van der Waals surface area contributed by atoms with Crippen LogP contribution < -0.4 is 9.64 Å². The van der Waals surface area contributed by atoms with Gasteiger partial charge in [-0.2, -0.15) is 4.31 Å². The zero-order valence-corrected chi connectivity index (χ0v) is 25.3. The molecule has 1 saturated heterocycles. The molecule has 1 amide bonds. The Balaban J connectivity index is 0.00000420. The fourth-order valence-electron chi connectivity index (χ4n) is 4.62. The Hall–Kier alpha value is -2.02. The van der Waals surface area contributed by atoms with Crippen molar-refractivity contribution in [3.8, 4) is 5.75 Å². The van der Waals surface area contributed by atoms with Crippen molar-refractivity contribution in [2.45, 2.75) is 31.6 Å². The Bertz CT molecular complexity index is 1380. The highest BCUT2D eigenvalue weighted by Crippen LogP contribution is 2.39. The van der Waals surface area contributed by atoms with Gasteiger partial charge in [0.05, 0.1) is 21.7 Å². The van der Waals surface area contributed by atoms with Gasteiger partial charge in [-0.25, -0.2) is 17.8 Å². The average molecular weight is 620 g/mol. The van der Waals surface area contributed by atoms with E-state index in [1.807, 2.05) is 0 Å². The maximum atomic E-state index is 13.9. The molecule has 2 heterocycles. The van der Waals surface area contributed by atoms with Crippen LogP contribution in [0.4, 0.5) is 9.52 Å². The largest absolute Gasteiger partial charge is 0.494 e. The van der Waals surface area contributed by atoms with Crippen LogP contribution >= 0.6 is 35.3 Å². The van der Waals surface area contributed by atoms with Crippen molar-refractivity contribution in [3.63, 3.8) is 0 Å². The maximum Gasteiger partial charge on any atom is 0.243 e. The van der Waals surface area contributed by atoms with Crippen LogP contribution in [-0.2, 0) is 14.8 Å². The van der Waals surface area contributed by atoms with Crippen LogP contribution in [0, 0.1) is 11.7 Å². The first-order valence-electron chi connectivity index (χ1n) is 12.6. The number of thiazole rings is 1. The zero-order chi connectivity index (χ0) is 27.4. The highest BCUT2D eigenvalue weighted by atomic mass is 35.5. The first-order chi connectivity index (χ1) is 18.2. The van der Waals surface area contributed by atoms with Crippen molar-refractivity contribution in [2.75, 3.05) is 51.3 Å². The van der Waals surface area contributed by atoms with Gasteiger partial charge in [-0.1, -0.05) is 36.8 Å². The Labute approximate surface area is 244 Å². The SMILES string of the molecule is CCN(CC)CCN(C(=O)C1CCN(S(=O)(=O)c2ccc(F)cc2)CC1)c1nc2c(OC)ccc(Cl)c2s1.Cl. The molecule has 4 rings (SSSR count). The van der Waals surface area contributed by atoms with E-state index in [-0.39, 0.29) is 42.2 Å². The number of methoxy groups -OCH3 is 1. The minimum atomic E-state index is -3.76. The molecule has 13 heteroatoms. The van der Waals surface area contributed by atoms with Crippen molar-refractivity contribution in [1.29, 1.82) is 0 Å². The fourth-order valence-corrected chi connectivity index (χ4v) is 7.38. The third-order valence-electron chi connectivity index (χ3n) is 6.95. The lowest BCUT2D eigenvalue weighted by molar-refractivity contribution is -0.123. The highest BCUT2D eigenvalue weighted by Gasteiger charge is 2.35. The van der Waals surface area contributed by atoms with Gasteiger partial charge < -0.3 is 9.64 Å². The lowest BCUT2D eigenvalue weighted by atomic mass is 9.96. The van der Waals surface area contributed by atoms with Gasteiger partial charge in [0.25, 0.3) is 0 Å². The molecule has 0 spiro atoms. The van der Waals surface area contributed by atoms with E-state index >= 15 is 0 Å². The van der Waals surface area contributed by atoms with E-state index in [9.17, 15) is 17.6 Å². The van der Waals surface area contributed by atoms with Crippen molar-refractivity contribution >= 4 is 66.6 Å². The van der Waals surface area contributed by atoms with E-state index in [4.69, 9.17) is 21.3 Å². The zero-order valence-electron chi connectivity index (χ0n) is 22.1. The molecular weight excluding hydrogens is 586 g/mol. The molecule has 1 aromatic heterocycles. The molecule has 0 N–H and O–H groups in total. The average Bonchev–Trinajstić information content (AvgIpc) is 3.37. The number of anilines is 1. The van der Waals surface area contributed by atoms with Crippen molar-refractivity contribution in [1.82, 2.24) is 14.2 Å². The van der Waals surface area contributed by atoms with Crippen LogP contribution in [0.5, 0.6) is 5.75 Å². The summed E-state index contributed by atoms with van der Waals surface area (Å²) in [5.74, 6) is -0.338. The monoisotopic (exact) mass is 618 g/mol. The number of carbonyl (C=O) groups excluding carboxylic acids is 1. The number of benzene rings is 2. The fraction of sp³-hybridized carbons (Fsp3) is 0.462. The number of hydrogen-bond donors (Lipinski definition) is 0. The van der Waals surface area contributed by atoms with Crippen LogP contribution in [0.1, 0.15) is 26.7 Å². The summed E-state index contributed by atoms with van der Waals surface area (Å²) in [7, 11) is -2.19. The molecule has 1 aliphatic rings. The first-order valence-corrected chi connectivity index (χ1v) is 15.3. The summed E-state index contributed by atoms with van der Waals surface area (Å²) in [5.41, 5.74) is 0.612. The highest BCUT2D eigenvalue weighted by molar-refractivity contribution is 7.89. The molecule has 0 atom stereocenters. The number of amides is 1. The number of likely N-dealkylation sites (N-methyl/N-ethyl adjacent to an activating group) is 1. The topological polar surface area (TPSA) is 83.0 Å². The number of piperidine rings is 1. The Kier molecular flexibility index (Phi) is 11.0. The third-order valence-corrected chi connectivity index (χ3v) is 10.4. The summed E-state index contributed by atoms with van der Waals surface area (Å²) < 4.78 is 46.9. The quantitative estimate of drug-likeness (QED) is 0.307. The molecule has 1 fully saturated rings. The number of fused-ring (bicyclic) bond motifs is 1. The smallest absolute Gasteiger partial charge is 0.243 e. The predicted octanol–water partition coefficient (Wildman–Crippen LogP) is 5.29. The molecular formula is C26H33Cl2FN4O4S2. The molecule has 3 aromatic rings. The Morgan fingerprint density at radius 2 is 1.77 bits per heavy atom. The predicted molar refractivity (Wildman–Crippen MR) is 156 cm³/mol. The van der Waals surface area contributed by atoms with Crippen LogP contribution in [0.2, 0.25) is 5.02 Å². The lowest BCUT2D eigenvalue weighted by Crippen LogP contribution is -2.46. The molecule has 0 aliphatic carbocycles. The third kappa shape index (κ3) is 6.83. The summed E-state index contributed by atoms with van der Waals surface area (Å²) in [4.78, 5) is 22.6. The molecule has 0 radical (unpaired) electrons. The van der Waals surface area contributed by atoms with Gasteiger partial charge in [0.1, 0.15) is 17.1 Å². The molecule has 8 nitrogen and oxygen atoms in total. The maximum absolute atomic E-state index is 13.9. The van der Waals surface area contributed by atoms with Crippen LogP contribution in [0.3, 0.4) is 0 Å². The van der Waals surface area contributed by atoms with Gasteiger partial charge in [-0.3, -0.25) is 9.69 Å². The normalized spacial score (nSPS) is 14.9. The van der Waals surface area contributed by atoms with Gasteiger partial charge in [-0.15, -0.1) is 12.4 Å². The van der Waals surface area contributed by atoms with E-state index < -0.39 is 15.8 Å². The van der Waals surface area contributed by atoms with Crippen molar-refractivity contribution < 1.29 is 22.3 Å². The van der Waals surface area contributed by atoms with Crippen LogP contribution in [-0.4, -0.2) is 74.9 Å². The first kappa shape index (κ1) is 31.5. The van der Waals surface area contributed by atoms with E-state index in [0.29, 0.717) is 47.4 Å². The Morgan fingerprint density at radius 1 is 1.13 bits per heavy atom. The number of aromatic nitrogens is 1. The minimum Gasteiger partial charge on any atom is -0.494 e. The molecule has 39 heavy (non-hydrogen) atoms. The molecule has 214 valence electrons. The van der Waals surface area contributed by atoms with E-state index in [0.717, 1.165) is 29.9 Å². The lowest BCUT2D eigenvalue weighted by Gasteiger charge is -2.33. The molecule has 0 unspecified atom stereocenters. The minimum absolute atomic E-state index is 0. The van der Waals surface area contributed by atoms with Crippen LogP contribution in [0.15, 0.2) is 41.3 Å². The van der Waals surface area contributed by atoms with Crippen molar-refractivity contribution in [2.24, 2.45) is 5.92 Å². The molecule has 1 aliphatic heterocycles. The second kappa shape index (κ2) is 13.6. The molecule has 0 saturated carbocycles. The number of halogens is 3. The van der Waals surface area contributed by atoms with Gasteiger partial charge in [0, 0.05) is 32.1 Å². The van der Waals surface area contributed by atoms with Crippen LogP contribution in [0.25, 0.3) is 10.2 Å². The van der Waals surface area contributed by atoms with E-state index in [2.05, 4.69) is 18.7 Å².